The van der Waals surface area contributed by atoms with E-state index < -0.39 is 75.0 Å². The van der Waals surface area contributed by atoms with Crippen molar-refractivity contribution in [2.75, 3.05) is 26.4 Å². The Balaban J connectivity index is 3.04. The van der Waals surface area contributed by atoms with E-state index >= 15 is 26.3 Å². The number of carbonyl (C=O) groups is 4. The number of carbonyl (C=O) groups excluding carboxylic acids is 4. The summed E-state index contributed by atoms with van der Waals surface area (Å²) in [5, 5.41) is 0. The van der Waals surface area contributed by atoms with Crippen molar-refractivity contribution in [1.82, 2.24) is 0 Å². The van der Waals surface area contributed by atoms with Gasteiger partial charge in [-0.15, -0.1) is 0 Å². The highest BCUT2D eigenvalue weighted by Crippen LogP contribution is 2.58. The van der Waals surface area contributed by atoms with E-state index in [4.69, 9.17) is 18.9 Å². The number of alkyl halides is 6. The van der Waals surface area contributed by atoms with Gasteiger partial charge < -0.3 is 18.9 Å². The Bertz CT molecular complexity index is 1650. The first-order valence-electron chi connectivity index (χ1n) is 24.0. The average molecular weight is 929 g/mol. The fourth-order valence-electron chi connectivity index (χ4n) is 7.94. The molecule has 2 aromatic carbocycles. The van der Waals surface area contributed by atoms with Gasteiger partial charge in [-0.25, -0.2) is 19.2 Å². The van der Waals surface area contributed by atoms with Crippen LogP contribution in [0.2, 0.25) is 0 Å². The quantitative estimate of drug-likeness (QED) is 0.0433. The molecule has 0 saturated heterocycles. The Morgan fingerprint density at radius 3 is 0.923 bits per heavy atom. The van der Waals surface area contributed by atoms with Crippen molar-refractivity contribution in [3.8, 4) is 0 Å². The lowest BCUT2D eigenvalue weighted by atomic mass is 9.69. The summed E-state index contributed by atoms with van der Waals surface area (Å²) in [5.74, 6) is -5.78. The highest BCUT2D eigenvalue weighted by atomic mass is 19.4. The largest absolute Gasteiger partial charge is 0.462 e. The van der Waals surface area contributed by atoms with Gasteiger partial charge in [-0.1, -0.05) is 145 Å². The van der Waals surface area contributed by atoms with Crippen LogP contribution >= 0.6 is 0 Å². The van der Waals surface area contributed by atoms with E-state index in [2.05, 4.69) is 0 Å². The third kappa shape index (κ3) is 16.0. The summed E-state index contributed by atoms with van der Waals surface area (Å²) in [6.07, 6.45) is -1.12. The van der Waals surface area contributed by atoms with Crippen molar-refractivity contribution in [2.45, 2.75) is 176 Å². The third-order valence-corrected chi connectivity index (χ3v) is 12.6. The Hall–Kier alpha value is -4.10. The van der Waals surface area contributed by atoms with E-state index in [9.17, 15) is 19.2 Å². The molecule has 0 aliphatic heterocycles. The van der Waals surface area contributed by atoms with Crippen LogP contribution in [-0.2, 0) is 24.4 Å². The Labute approximate surface area is 383 Å². The van der Waals surface area contributed by atoms with Crippen LogP contribution in [-0.4, -0.2) is 62.7 Å². The molecule has 0 aromatic heterocycles. The number of halogens is 6. The fraction of sp³-hybridized carbons (Fsp3) is 0.686. The minimum Gasteiger partial charge on any atom is -0.462 e. The maximum Gasteiger partial charge on any atom is 0.411 e. The second-order valence-electron chi connectivity index (χ2n) is 17.3. The lowest BCUT2D eigenvalue weighted by Gasteiger charge is -2.40. The molecule has 14 heteroatoms. The lowest BCUT2D eigenvalue weighted by molar-refractivity contribution is -0.288. The first-order chi connectivity index (χ1) is 30.8. The van der Waals surface area contributed by atoms with Gasteiger partial charge in [0.15, 0.2) is 0 Å². The van der Waals surface area contributed by atoms with Crippen molar-refractivity contribution >= 4 is 23.9 Å². The van der Waals surface area contributed by atoms with Gasteiger partial charge in [0.25, 0.3) is 0 Å². The Morgan fingerprint density at radius 2 is 0.692 bits per heavy atom. The van der Waals surface area contributed by atoms with Crippen molar-refractivity contribution < 1.29 is 64.5 Å². The van der Waals surface area contributed by atoms with Crippen LogP contribution in [0, 0.1) is 23.7 Å². The molecule has 0 N–H and O–H groups in total. The molecule has 8 nitrogen and oxygen atoms in total. The molecule has 4 unspecified atom stereocenters. The molecule has 0 bridgehead atoms. The van der Waals surface area contributed by atoms with E-state index in [0.717, 1.165) is 76.3 Å². The normalized spacial score (nSPS) is 14.0. The van der Waals surface area contributed by atoms with Crippen LogP contribution in [0.3, 0.4) is 0 Å². The van der Waals surface area contributed by atoms with Gasteiger partial charge in [0.1, 0.15) is 0 Å². The van der Waals surface area contributed by atoms with Crippen molar-refractivity contribution in [1.29, 1.82) is 0 Å². The second-order valence-corrected chi connectivity index (χ2v) is 17.3. The predicted molar refractivity (Wildman–Crippen MR) is 240 cm³/mol. The maximum atomic E-state index is 16.2. The summed E-state index contributed by atoms with van der Waals surface area (Å²) >= 11 is 0. The van der Waals surface area contributed by atoms with Crippen LogP contribution in [0.4, 0.5) is 26.3 Å². The zero-order valence-electron chi connectivity index (χ0n) is 39.9. The molecule has 0 saturated carbocycles. The highest BCUT2D eigenvalue weighted by molar-refractivity contribution is 5.99. The van der Waals surface area contributed by atoms with Crippen LogP contribution in [0.15, 0.2) is 36.4 Å². The number of hydrogen-bond acceptors (Lipinski definition) is 8. The monoisotopic (exact) mass is 929 g/mol. The molecule has 65 heavy (non-hydrogen) atoms. The number of ether oxygens (including phenoxy) is 4. The van der Waals surface area contributed by atoms with E-state index in [1.54, 1.807) is 0 Å². The number of esters is 4. The van der Waals surface area contributed by atoms with Gasteiger partial charge in [-0.05, 0) is 84.7 Å². The first-order valence-corrected chi connectivity index (χ1v) is 24.0. The smallest absolute Gasteiger partial charge is 0.411 e. The Morgan fingerprint density at radius 1 is 0.431 bits per heavy atom. The van der Waals surface area contributed by atoms with Crippen molar-refractivity contribution in [3.63, 3.8) is 0 Å². The first kappa shape index (κ1) is 57.0. The molecule has 0 amide bonds. The number of benzene rings is 2. The summed E-state index contributed by atoms with van der Waals surface area (Å²) < 4.78 is 119. The molecule has 0 fully saturated rings. The molecular weight excluding hydrogens is 855 g/mol. The van der Waals surface area contributed by atoms with Gasteiger partial charge in [-0.2, -0.15) is 26.3 Å². The molecule has 0 spiro atoms. The lowest BCUT2D eigenvalue weighted by Crippen LogP contribution is -2.56. The summed E-state index contributed by atoms with van der Waals surface area (Å²) in [5.41, 5.74) is -11.7. The SMILES string of the molecule is CCCCC(CC)COC(=O)c1ccc(C(c2ccc(C(=O)OCC(CC)CCCC)cc2C(=O)OCC(CC)CCCC)(C(F)(F)F)C(F)(F)F)c(C(=O)OCC(CC)CCCC)c1. The Kier molecular flexibility index (Phi) is 24.7. The predicted octanol–water partition coefficient (Wildman–Crippen LogP) is 14.6. The molecule has 2 aromatic rings. The van der Waals surface area contributed by atoms with Crippen LogP contribution in [0.25, 0.3) is 0 Å². The van der Waals surface area contributed by atoms with Gasteiger partial charge in [0, 0.05) is 0 Å². The van der Waals surface area contributed by atoms with Gasteiger partial charge in [-0.3, -0.25) is 0 Å². The second kappa shape index (κ2) is 28.2. The van der Waals surface area contributed by atoms with Crippen molar-refractivity contribution in [2.24, 2.45) is 23.7 Å². The van der Waals surface area contributed by atoms with Crippen LogP contribution in [0.5, 0.6) is 0 Å². The molecule has 0 aliphatic carbocycles. The topological polar surface area (TPSA) is 105 Å². The van der Waals surface area contributed by atoms with Crippen molar-refractivity contribution in [3.05, 3.63) is 69.8 Å². The molecule has 0 radical (unpaired) electrons. The van der Waals surface area contributed by atoms with E-state index in [1.807, 2.05) is 55.4 Å². The number of hydrogen-bond donors (Lipinski definition) is 0. The molecule has 4 atom stereocenters. The van der Waals surface area contributed by atoms with E-state index in [1.165, 1.54) is 0 Å². The molecular formula is C51H74F6O8. The molecule has 368 valence electrons. The average Bonchev–Trinajstić information content (AvgIpc) is 3.28. The van der Waals surface area contributed by atoms with Gasteiger partial charge in [0.05, 0.1) is 48.7 Å². The molecule has 2 rings (SSSR count). The molecule has 0 aliphatic rings. The van der Waals surface area contributed by atoms with E-state index in [0.29, 0.717) is 62.8 Å². The zero-order valence-corrected chi connectivity index (χ0v) is 39.9. The van der Waals surface area contributed by atoms with Crippen LogP contribution in [0.1, 0.15) is 211 Å². The summed E-state index contributed by atoms with van der Waals surface area (Å²) in [4.78, 5) is 55.2. The number of rotatable bonds is 30. The summed E-state index contributed by atoms with van der Waals surface area (Å²) in [7, 11) is 0. The van der Waals surface area contributed by atoms with Gasteiger partial charge >= 0.3 is 36.2 Å². The zero-order chi connectivity index (χ0) is 48.8. The standard InChI is InChI=1S/C51H74F6O8/c1-9-17-21-35(13-5)31-62-45(58)39-25-27-43(41(29-39)47(60)64-33-37(15-7)23-19-11-3)49(50(52,53)54,51(55,56)57)44-28-26-40(46(59)63-32-36(14-6)22-18-10-2)30-42(44)48(61)65-34-38(16-8)24-20-12-4/h25-30,35-38H,9-24,31-34H2,1-8H3. The summed E-state index contributed by atoms with van der Waals surface area (Å²) in [6, 6.07) is 3.61. The highest BCUT2D eigenvalue weighted by Gasteiger charge is 2.74. The maximum absolute atomic E-state index is 16.2. The minimum atomic E-state index is -6.30. The number of unbranched alkanes of at least 4 members (excludes halogenated alkanes) is 4. The summed E-state index contributed by atoms with van der Waals surface area (Å²) in [6.45, 7) is 14.6. The molecule has 0 heterocycles. The fourth-order valence-corrected chi connectivity index (χ4v) is 7.94. The van der Waals surface area contributed by atoms with E-state index in [-0.39, 0.29) is 50.1 Å². The van der Waals surface area contributed by atoms with Gasteiger partial charge in [0.2, 0.25) is 5.41 Å². The minimum absolute atomic E-state index is 0.0494. The van der Waals surface area contributed by atoms with Crippen LogP contribution < -0.4 is 0 Å². The third-order valence-electron chi connectivity index (χ3n) is 12.6.